The summed E-state index contributed by atoms with van der Waals surface area (Å²) in [7, 11) is -1.91. The van der Waals surface area contributed by atoms with Crippen LogP contribution in [0.1, 0.15) is 132 Å². The highest BCUT2D eigenvalue weighted by Gasteiger charge is 2.70. The Morgan fingerprint density at radius 2 is 1.64 bits per heavy atom. The van der Waals surface area contributed by atoms with E-state index in [9.17, 15) is 23.3 Å². The van der Waals surface area contributed by atoms with E-state index in [1.807, 2.05) is 0 Å². The van der Waals surface area contributed by atoms with Crippen molar-refractivity contribution in [1.82, 2.24) is 9.80 Å². The van der Waals surface area contributed by atoms with Crippen molar-refractivity contribution in [2.45, 2.75) is 132 Å². The molecule has 0 spiro atoms. The first-order valence-electron chi connectivity index (χ1n) is 22.3. The predicted molar refractivity (Wildman–Crippen MR) is 229 cm³/mol. The number of carbonyl (C=O) groups is 2. The molecule has 0 radical (unpaired) electrons. The fourth-order valence-corrected chi connectivity index (χ4v) is 16.9. The van der Waals surface area contributed by atoms with Crippen LogP contribution >= 0.6 is 0 Å². The van der Waals surface area contributed by atoms with Gasteiger partial charge in [-0.1, -0.05) is 58.9 Å². The Hall–Kier alpha value is -1.93. The van der Waals surface area contributed by atoms with Crippen molar-refractivity contribution in [2.24, 2.45) is 62.1 Å². The van der Waals surface area contributed by atoms with Crippen LogP contribution < -0.4 is 0 Å². The molecule has 1 N–H and O–H groups in total. The highest BCUT2D eigenvalue weighted by Crippen LogP contribution is 2.77. The Kier molecular flexibility index (Phi) is 11.0. The third-order valence-corrected chi connectivity index (χ3v) is 20.8. The Balaban J connectivity index is 1.12. The van der Waals surface area contributed by atoms with Gasteiger partial charge in [-0.2, -0.15) is 0 Å². The van der Waals surface area contributed by atoms with Crippen molar-refractivity contribution in [3.8, 4) is 0 Å². The molecule has 0 aromatic heterocycles. The number of fused-ring (bicyclic) bond motifs is 7. The number of alkyl halides is 1. The van der Waals surface area contributed by atoms with Gasteiger partial charge in [0.15, 0.2) is 0 Å². The fourth-order valence-electron chi connectivity index (χ4n) is 15.5. The number of carboxylic acid groups (broad SMARTS) is 1. The Morgan fingerprint density at radius 3 is 2.25 bits per heavy atom. The number of hydrogen-bond acceptors (Lipinski definition) is 4. The monoisotopic (exact) mass is 795 g/mol. The molecule has 0 aromatic rings. The van der Waals surface area contributed by atoms with Crippen LogP contribution in [0.2, 0.25) is 0 Å². The molecule has 5 fully saturated rings. The van der Waals surface area contributed by atoms with Gasteiger partial charge in [-0.3, -0.25) is 13.8 Å². The molecular weight excluding hydrogens is 720 g/mol. The van der Waals surface area contributed by atoms with Crippen molar-refractivity contribution < 1.29 is 23.3 Å². The Bertz CT molecular complexity index is 1750. The normalized spacial score (nSPS) is 42.9. The zero-order chi connectivity index (χ0) is 40.7. The maximum Gasteiger partial charge on any atom is 0.312 e. The van der Waals surface area contributed by atoms with Gasteiger partial charge in [0.1, 0.15) is 6.67 Å². The first-order valence-corrected chi connectivity index (χ1v) is 24.4. The maximum atomic E-state index is 14.0. The van der Waals surface area contributed by atoms with E-state index in [1.54, 1.807) is 6.92 Å². The van der Waals surface area contributed by atoms with Crippen LogP contribution in [0.4, 0.5) is 4.39 Å². The SMILES string of the molecule is C=C(C)[C@@H]1CC[C@]2(CN(CCCN3CCS(=C)(=O)CC3)C(C)=O)CC[C@]3(C)[C@H](CC[C@@H]4[C@@]5(C)CC=C(C6=CC[C@@](CF)(C(=O)O)CC6)C(C)(C)[C@@H]5CC[C@]43C)[C@@H]12. The lowest BCUT2D eigenvalue weighted by atomic mass is 9.32. The van der Waals surface area contributed by atoms with E-state index in [0.29, 0.717) is 53.9 Å². The molecule has 6 nitrogen and oxygen atoms in total. The molecule has 6 aliphatic carbocycles. The fraction of sp³-hybridized carbons (Fsp3) is 0.812. The summed E-state index contributed by atoms with van der Waals surface area (Å²) < 4.78 is 26.5. The first kappa shape index (κ1) is 42.2. The lowest BCUT2D eigenvalue weighted by Gasteiger charge is -2.72. The molecule has 0 unspecified atom stereocenters. The minimum Gasteiger partial charge on any atom is -0.481 e. The van der Waals surface area contributed by atoms with Crippen LogP contribution in [0.3, 0.4) is 0 Å². The van der Waals surface area contributed by atoms with Gasteiger partial charge in [0.05, 0.1) is 5.41 Å². The second-order valence-electron chi connectivity index (χ2n) is 21.8. The number of nitrogens with zero attached hydrogens (tertiary/aromatic N) is 2. The number of carboxylic acids is 1. The third-order valence-electron chi connectivity index (χ3n) is 18.9. The number of hydrogen-bond donors (Lipinski definition) is 1. The average Bonchev–Trinajstić information content (AvgIpc) is 3.52. The van der Waals surface area contributed by atoms with Gasteiger partial charge >= 0.3 is 5.97 Å². The molecule has 0 aromatic carbocycles. The molecule has 10 atom stereocenters. The number of halogens is 1. The highest BCUT2D eigenvalue weighted by molar-refractivity contribution is 8.00. The topological polar surface area (TPSA) is 77.9 Å². The molecule has 7 aliphatic rings. The second kappa shape index (κ2) is 14.7. The third kappa shape index (κ3) is 6.63. The van der Waals surface area contributed by atoms with Gasteiger partial charge in [-0.05, 0) is 180 Å². The van der Waals surface area contributed by atoms with E-state index in [1.165, 1.54) is 68.1 Å². The predicted octanol–water partition coefficient (Wildman–Crippen LogP) is 9.60. The molecule has 4 saturated carbocycles. The minimum atomic E-state index is -1.91. The van der Waals surface area contributed by atoms with E-state index in [0.717, 1.165) is 45.6 Å². The van der Waals surface area contributed by atoms with E-state index < -0.39 is 27.6 Å². The van der Waals surface area contributed by atoms with Crippen molar-refractivity contribution >= 4 is 27.3 Å². The summed E-state index contributed by atoms with van der Waals surface area (Å²) >= 11 is 0. The summed E-state index contributed by atoms with van der Waals surface area (Å²) in [4.78, 5) is 30.0. The van der Waals surface area contributed by atoms with Crippen LogP contribution in [0.5, 0.6) is 0 Å². The van der Waals surface area contributed by atoms with Crippen LogP contribution in [-0.2, 0) is 19.1 Å². The first-order chi connectivity index (χ1) is 26.2. The molecule has 1 heterocycles. The number of rotatable bonds is 10. The summed E-state index contributed by atoms with van der Waals surface area (Å²) in [5.41, 5.74) is 3.43. The van der Waals surface area contributed by atoms with Crippen molar-refractivity contribution in [3.63, 3.8) is 0 Å². The van der Waals surface area contributed by atoms with Crippen LogP contribution in [0, 0.1) is 62.1 Å². The zero-order valence-electron chi connectivity index (χ0n) is 36.2. The molecule has 8 heteroatoms. The Labute approximate surface area is 339 Å². The number of aliphatic carboxylic acids is 1. The summed E-state index contributed by atoms with van der Waals surface area (Å²) in [6.45, 7) is 25.1. The molecule has 314 valence electrons. The van der Waals surface area contributed by atoms with Crippen LogP contribution in [0.15, 0.2) is 35.5 Å². The lowest BCUT2D eigenvalue weighted by molar-refractivity contribution is -0.228. The standard InChI is InChI=1S/C48H75FN2O4S/c1-33(2)36-15-22-48(32-51(34(3)52)26-10-25-50-27-29-56(9,55)30-28-50)24-23-45(7)38(41(36)48)11-12-40-44(6)18-16-37(43(4,5)39(44)17-19-46(40,45)8)35-13-20-47(31-49,21-14-35)42(53)54/h13,16,36,38-41H,1,9-12,14-15,17-32H2,2-8H3,(H,53,54)/t36-,38+,39-,40+,41+,44-,45+,46+,47+,48+/m0/s1. The molecule has 1 saturated heterocycles. The summed E-state index contributed by atoms with van der Waals surface area (Å²) in [6, 6.07) is 0. The number of allylic oxidation sites excluding steroid dienone is 5. The van der Waals surface area contributed by atoms with Crippen molar-refractivity contribution in [1.29, 1.82) is 0 Å². The molecule has 56 heavy (non-hydrogen) atoms. The van der Waals surface area contributed by atoms with E-state index in [-0.39, 0.29) is 39.4 Å². The smallest absolute Gasteiger partial charge is 0.312 e. The molecular formula is C48H75FN2O4S. The summed E-state index contributed by atoms with van der Waals surface area (Å²) in [6.07, 6.45) is 17.6. The largest absolute Gasteiger partial charge is 0.481 e. The summed E-state index contributed by atoms with van der Waals surface area (Å²) in [5.74, 6) is 7.33. The molecule has 1 amide bonds. The van der Waals surface area contributed by atoms with Gasteiger partial charge in [0.25, 0.3) is 0 Å². The zero-order valence-corrected chi connectivity index (χ0v) is 37.0. The lowest BCUT2D eigenvalue weighted by Crippen LogP contribution is -2.66. The quantitative estimate of drug-likeness (QED) is 0.176. The Morgan fingerprint density at radius 1 is 0.929 bits per heavy atom. The van der Waals surface area contributed by atoms with Gasteiger partial charge in [0.2, 0.25) is 5.91 Å². The summed E-state index contributed by atoms with van der Waals surface area (Å²) in [5, 5.41) is 9.85. The molecule has 1 aliphatic heterocycles. The van der Waals surface area contributed by atoms with E-state index in [2.05, 4.69) is 75.9 Å². The second-order valence-corrected chi connectivity index (χ2v) is 24.5. The van der Waals surface area contributed by atoms with Crippen molar-refractivity contribution in [3.05, 3.63) is 35.5 Å². The van der Waals surface area contributed by atoms with Gasteiger partial charge < -0.3 is 14.9 Å². The van der Waals surface area contributed by atoms with Crippen LogP contribution in [-0.4, -0.2) is 87.8 Å². The average molecular weight is 795 g/mol. The van der Waals surface area contributed by atoms with Crippen LogP contribution in [0.25, 0.3) is 0 Å². The number of carbonyl (C=O) groups excluding carboxylic acids is 1. The molecule has 0 bridgehead atoms. The minimum absolute atomic E-state index is 0.0336. The highest BCUT2D eigenvalue weighted by atomic mass is 32.2. The molecule has 7 rings (SSSR count). The van der Waals surface area contributed by atoms with Gasteiger partial charge in [-0.15, -0.1) is 0 Å². The maximum absolute atomic E-state index is 14.0. The van der Waals surface area contributed by atoms with E-state index >= 15 is 0 Å². The number of amides is 1. The van der Waals surface area contributed by atoms with Crippen molar-refractivity contribution in [2.75, 3.05) is 50.9 Å². The van der Waals surface area contributed by atoms with Gasteiger partial charge in [-0.25, -0.2) is 4.39 Å². The van der Waals surface area contributed by atoms with E-state index in [4.69, 9.17) is 0 Å². The van der Waals surface area contributed by atoms with Gasteiger partial charge in [0, 0.05) is 44.6 Å².